The van der Waals surface area contributed by atoms with Crippen molar-refractivity contribution in [3.63, 3.8) is 0 Å². The van der Waals surface area contributed by atoms with Gasteiger partial charge in [0.05, 0.1) is 18.1 Å². The Morgan fingerprint density at radius 1 is 1.24 bits per heavy atom. The summed E-state index contributed by atoms with van der Waals surface area (Å²) in [4.78, 5) is 11.8. The molecule has 1 saturated heterocycles. The van der Waals surface area contributed by atoms with Gasteiger partial charge in [0.25, 0.3) is 0 Å². The molecule has 0 spiro atoms. The molecule has 0 radical (unpaired) electrons. The lowest BCUT2D eigenvalue weighted by Gasteiger charge is -2.27. The Morgan fingerprint density at radius 3 is 2.44 bits per heavy atom. The molecule has 0 atom stereocenters. The number of hydrogen-bond acceptors (Lipinski definition) is 4. The Balaban J connectivity index is 2.29. The number of carbonyl (C=O) groups is 1. The lowest BCUT2D eigenvalue weighted by Crippen LogP contribution is -2.32. The van der Waals surface area contributed by atoms with Crippen molar-refractivity contribution in [2.75, 3.05) is 26.8 Å². The smallest absolute Gasteiger partial charge is 0.416 e. The molecule has 0 aromatic heterocycles. The summed E-state index contributed by atoms with van der Waals surface area (Å²) < 4.78 is 49.6. The van der Waals surface area contributed by atoms with E-state index in [4.69, 9.17) is 9.47 Å². The van der Waals surface area contributed by atoms with Crippen LogP contribution in [0.5, 0.6) is 5.75 Å². The average molecular weight is 359 g/mol. The number of carbonyl (C=O) groups excluding carboxylic acids is 1. The van der Waals surface area contributed by atoms with E-state index in [-0.39, 0.29) is 18.3 Å². The number of methoxy groups -OCH3 is 1. The van der Waals surface area contributed by atoms with E-state index < -0.39 is 23.1 Å². The highest BCUT2D eigenvalue weighted by Crippen LogP contribution is 2.38. The van der Waals surface area contributed by atoms with E-state index in [9.17, 15) is 18.0 Å². The number of piperidine rings is 1. The molecule has 1 aromatic carbocycles. The van der Waals surface area contributed by atoms with Crippen LogP contribution in [0.1, 0.15) is 43.7 Å². The number of esters is 1. The third-order valence-electron chi connectivity index (χ3n) is 4.45. The molecule has 1 heterocycles. The predicted octanol–water partition coefficient (Wildman–Crippen LogP) is 3.75. The number of halogens is 3. The second-order valence-corrected chi connectivity index (χ2v) is 6.94. The zero-order valence-electron chi connectivity index (χ0n) is 14.7. The lowest BCUT2D eigenvalue weighted by atomic mass is 9.88. The first-order valence-corrected chi connectivity index (χ1v) is 8.28. The van der Waals surface area contributed by atoms with Crippen LogP contribution in [-0.4, -0.2) is 32.8 Å². The first kappa shape index (κ1) is 19.6. The van der Waals surface area contributed by atoms with E-state index in [2.05, 4.69) is 5.32 Å². The van der Waals surface area contributed by atoms with Crippen LogP contribution in [0.2, 0.25) is 0 Å². The number of benzene rings is 1. The molecule has 1 aromatic rings. The summed E-state index contributed by atoms with van der Waals surface area (Å²) >= 11 is 0. The highest BCUT2D eigenvalue weighted by molar-refractivity contribution is 5.75. The minimum Gasteiger partial charge on any atom is -0.492 e. The highest BCUT2D eigenvalue weighted by Gasteiger charge is 2.34. The molecule has 1 fully saturated rings. The first-order chi connectivity index (χ1) is 11.6. The Kier molecular flexibility index (Phi) is 5.98. The summed E-state index contributed by atoms with van der Waals surface area (Å²) in [7, 11) is 1.27. The van der Waals surface area contributed by atoms with Gasteiger partial charge in [0, 0.05) is 0 Å². The van der Waals surface area contributed by atoms with Crippen LogP contribution in [0, 0.1) is 5.41 Å². The third kappa shape index (κ3) is 4.87. The number of rotatable bonds is 5. The summed E-state index contributed by atoms with van der Waals surface area (Å²) in [6.45, 7) is 4.85. The molecule has 0 amide bonds. The van der Waals surface area contributed by atoms with Gasteiger partial charge in [-0.2, -0.15) is 13.2 Å². The zero-order valence-corrected chi connectivity index (χ0v) is 14.7. The van der Waals surface area contributed by atoms with Crippen LogP contribution in [0.15, 0.2) is 18.2 Å². The average Bonchev–Trinajstić information content (AvgIpc) is 2.59. The van der Waals surface area contributed by atoms with Gasteiger partial charge in [-0.05, 0) is 63.4 Å². The van der Waals surface area contributed by atoms with E-state index in [0.29, 0.717) is 0 Å². The van der Waals surface area contributed by atoms with Crippen molar-refractivity contribution in [2.24, 2.45) is 5.41 Å². The molecule has 0 unspecified atom stereocenters. The van der Waals surface area contributed by atoms with Gasteiger partial charge in [0.2, 0.25) is 0 Å². The highest BCUT2D eigenvalue weighted by atomic mass is 19.4. The second-order valence-electron chi connectivity index (χ2n) is 6.94. The standard InChI is InChI=1S/C18H24F3NO3/c1-17(2,16(23)24-3)11-25-15-10-13(18(19,20)21)4-5-14(15)12-6-8-22-9-7-12/h4-5,10,12,22H,6-9,11H2,1-3H3. The summed E-state index contributed by atoms with van der Waals surface area (Å²) in [5, 5.41) is 3.24. The molecular weight excluding hydrogens is 335 g/mol. The van der Waals surface area contributed by atoms with Gasteiger partial charge < -0.3 is 14.8 Å². The van der Waals surface area contributed by atoms with E-state index >= 15 is 0 Å². The van der Waals surface area contributed by atoms with Gasteiger partial charge in [-0.3, -0.25) is 4.79 Å². The molecule has 25 heavy (non-hydrogen) atoms. The molecule has 1 N–H and O–H groups in total. The van der Waals surface area contributed by atoms with Gasteiger partial charge in [-0.15, -0.1) is 0 Å². The van der Waals surface area contributed by atoms with Crippen LogP contribution in [-0.2, 0) is 15.7 Å². The van der Waals surface area contributed by atoms with Crippen molar-refractivity contribution >= 4 is 5.97 Å². The van der Waals surface area contributed by atoms with E-state index in [1.807, 2.05) is 0 Å². The SMILES string of the molecule is COC(=O)C(C)(C)COc1cc(C(F)(F)F)ccc1C1CCNCC1. The van der Waals surface area contributed by atoms with Crippen LogP contribution < -0.4 is 10.1 Å². The summed E-state index contributed by atoms with van der Waals surface area (Å²) in [5.74, 6) is -0.138. The Labute approximate surface area is 145 Å². The van der Waals surface area contributed by atoms with Crippen molar-refractivity contribution < 1.29 is 27.4 Å². The van der Waals surface area contributed by atoms with Crippen LogP contribution in [0.3, 0.4) is 0 Å². The molecule has 0 saturated carbocycles. The normalized spacial score (nSPS) is 16.6. The number of ether oxygens (including phenoxy) is 2. The molecular formula is C18H24F3NO3. The Hall–Kier alpha value is -1.76. The van der Waals surface area contributed by atoms with Crippen molar-refractivity contribution in [2.45, 2.75) is 38.8 Å². The minimum absolute atomic E-state index is 0.0566. The maximum absolute atomic E-state index is 13.1. The fraction of sp³-hybridized carbons (Fsp3) is 0.611. The topological polar surface area (TPSA) is 47.6 Å². The van der Waals surface area contributed by atoms with Crippen molar-refractivity contribution in [1.29, 1.82) is 0 Å². The van der Waals surface area contributed by atoms with E-state index in [1.165, 1.54) is 13.2 Å². The van der Waals surface area contributed by atoms with E-state index in [1.54, 1.807) is 13.8 Å². The summed E-state index contributed by atoms with van der Waals surface area (Å²) in [5.41, 5.74) is -0.944. The molecule has 7 heteroatoms. The van der Waals surface area contributed by atoms with Crippen molar-refractivity contribution in [3.8, 4) is 5.75 Å². The molecule has 0 aliphatic carbocycles. The lowest BCUT2D eigenvalue weighted by molar-refractivity contribution is -0.152. The predicted molar refractivity (Wildman–Crippen MR) is 87.6 cm³/mol. The minimum atomic E-state index is -4.44. The van der Waals surface area contributed by atoms with Crippen LogP contribution in [0.25, 0.3) is 0 Å². The molecule has 1 aliphatic rings. The third-order valence-corrected chi connectivity index (χ3v) is 4.45. The maximum atomic E-state index is 13.1. The second kappa shape index (κ2) is 7.64. The first-order valence-electron chi connectivity index (χ1n) is 8.28. The summed E-state index contributed by atoms with van der Waals surface area (Å²) in [6, 6.07) is 3.62. The fourth-order valence-corrected chi connectivity index (χ4v) is 2.90. The van der Waals surface area contributed by atoms with Crippen molar-refractivity contribution in [3.05, 3.63) is 29.3 Å². The molecule has 1 aliphatic heterocycles. The Bertz CT molecular complexity index is 608. The number of nitrogens with one attached hydrogen (secondary N) is 1. The van der Waals surface area contributed by atoms with Crippen molar-refractivity contribution in [1.82, 2.24) is 5.32 Å². The Morgan fingerprint density at radius 2 is 1.88 bits per heavy atom. The largest absolute Gasteiger partial charge is 0.492 e. The maximum Gasteiger partial charge on any atom is 0.416 e. The van der Waals surface area contributed by atoms with Gasteiger partial charge in [-0.1, -0.05) is 6.07 Å². The van der Waals surface area contributed by atoms with Gasteiger partial charge in [-0.25, -0.2) is 0 Å². The molecule has 140 valence electrons. The van der Waals surface area contributed by atoms with E-state index in [0.717, 1.165) is 43.6 Å². The molecule has 0 bridgehead atoms. The zero-order chi connectivity index (χ0) is 18.7. The fourth-order valence-electron chi connectivity index (χ4n) is 2.90. The van der Waals surface area contributed by atoms with Gasteiger partial charge in [0.1, 0.15) is 12.4 Å². The van der Waals surface area contributed by atoms with Crippen LogP contribution in [0.4, 0.5) is 13.2 Å². The monoisotopic (exact) mass is 359 g/mol. The number of alkyl halides is 3. The van der Waals surface area contributed by atoms with Crippen LogP contribution >= 0.6 is 0 Å². The van der Waals surface area contributed by atoms with Gasteiger partial charge in [0.15, 0.2) is 0 Å². The quantitative estimate of drug-likeness (QED) is 0.814. The van der Waals surface area contributed by atoms with Gasteiger partial charge >= 0.3 is 12.1 Å². The molecule has 2 rings (SSSR count). The molecule has 4 nitrogen and oxygen atoms in total. The summed E-state index contributed by atoms with van der Waals surface area (Å²) in [6.07, 6.45) is -2.77. The number of hydrogen-bond donors (Lipinski definition) is 1.